The molecule has 1 unspecified atom stereocenters. The summed E-state index contributed by atoms with van der Waals surface area (Å²) in [7, 11) is 0. The smallest absolute Gasteiger partial charge is 0.243 e. The third kappa shape index (κ3) is 4.06. The highest BCUT2D eigenvalue weighted by molar-refractivity contribution is 6.38. The van der Waals surface area contributed by atoms with Crippen molar-refractivity contribution in [2.75, 3.05) is 6.54 Å². The van der Waals surface area contributed by atoms with Crippen LogP contribution in [0.1, 0.15) is 74.1 Å². The second-order valence-electron chi connectivity index (χ2n) is 11.5. The highest BCUT2D eigenvalue weighted by Crippen LogP contribution is 2.65. The van der Waals surface area contributed by atoms with Gasteiger partial charge in [0, 0.05) is 19.4 Å². The summed E-state index contributed by atoms with van der Waals surface area (Å²) in [6.07, 6.45) is 3.71. The van der Waals surface area contributed by atoms with Gasteiger partial charge in [-0.3, -0.25) is 19.2 Å². The number of hydrogen-bond acceptors (Lipinski definition) is 4. The molecule has 2 aliphatic carbocycles. The summed E-state index contributed by atoms with van der Waals surface area (Å²) in [6.45, 7) is 14.2. The van der Waals surface area contributed by atoms with Crippen molar-refractivity contribution in [3.8, 4) is 0 Å². The molecule has 0 spiro atoms. The highest BCUT2D eigenvalue weighted by Gasteiger charge is 2.69. The van der Waals surface area contributed by atoms with Gasteiger partial charge in [0.2, 0.25) is 17.6 Å². The molecule has 168 valence electrons. The van der Waals surface area contributed by atoms with E-state index in [2.05, 4.69) is 19.2 Å². The summed E-state index contributed by atoms with van der Waals surface area (Å²) in [5.74, 6) is -0.751. The van der Waals surface area contributed by atoms with Crippen LogP contribution in [0.4, 0.5) is 0 Å². The van der Waals surface area contributed by atoms with E-state index in [-0.39, 0.29) is 34.5 Å². The van der Waals surface area contributed by atoms with Crippen LogP contribution in [-0.4, -0.2) is 46.9 Å². The Morgan fingerprint density at radius 2 is 1.73 bits per heavy atom. The summed E-state index contributed by atoms with van der Waals surface area (Å²) in [4.78, 5) is 52.7. The van der Waals surface area contributed by atoms with E-state index in [1.54, 1.807) is 4.90 Å². The van der Waals surface area contributed by atoms with Crippen LogP contribution in [-0.2, 0) is 19.2 Å². The van der Waals surface area contributed by atoms with Gasteiger partial charge < -0.3 is 10.2 Å². The van der Waals surface area contributed by atoms with Crippen molar-refractivity contribution in [3.05, 3.63) is 0 Å². The maximum atomic E-state index is 13.4. The Kier molecular flexibility index (Phi) is 5.94. The van der Waals surface area contributed by atoms with Crippen molar-refractivity contribution in [1.29, 1.82) is 0 Å². The van der Waals surface area contributed by atoms with Gasteiger partial charge in [-0.1, -0.05) is 60.8 Å². The first kappa shape index (κ1) is 23.0. The predicted octanol–water partition coefficient (Wildman–Crippen LogP) is 2.98. The Morgan fingerprint density at radius 3 is 2.20 bits per heavy atom. The second kappa shape index (κ2) is 7.76. The number of Topliss-reactive ketones (excluding diaryl/α,β-unsaturated/α-hetero) is 2. The minimum Gasteiger partial charge on any atom is -0.344 e. The molecule has 2 amide bonds. The molecule has 0 aromatic rings. The van der Waals surface area contributed by atoms with Crippen LogP contribution in [0.25, 0.3) is 0 Å². The number of nitrogens with one attached hydrogen (secondary N) is 1. The second-order valence-corrected chi connectivity index (χ2v) is 11.5. The first-order valence-corrected chi connectivity index (χ1v) is 11.4. The van der Waals surface area contributed by atoms with Crippen LogP contribution in [0.2, 0.25) is 0 Å². The highest BCUT2D eigenvalue weighted by atomic mass is 16.2. The number of rotatable bonds is 7. The van der Waals surface area contributed by atoms with Crippen LogP contribution in [0.5, 0.6) is 0 Å². The minimum atomic E-state index is -0.779. The average molecular weight is 419 g/mol. The lowest BCUT2D eigenvalue weighted by Crippen LogP contribution is -2.56. The quantitative estimate of drug-likeness (QED) is 0.644. The molecule has 5 atom stereocenters. The molecule has 0 aromatic carbocycles. The van der Waals surface area contributed by atoms with Gasteiger partial charge in [-0.05, 0) is 35.0 Å². The first-order valence-electron chi connectivity index (χ1n) is 11.4. The molecular formula is C24H38N2O4. The van der Waals surface area contributed by atoms with E-state index in [1.807, 2.05) is 27.7 Å². The number of hydrogen-bond donors (Lipinski definition) is 1. The standard InChI is InChI=1S/C24H38N2O4/c1-13(23(3,4)5)22(30)26-12-16-18(24(16,6)7)19(26)21(29)25-17(20(28)14(2)27)11-15-9-8-10-15/h13,15-19H,8-12H2,1-7H3,(H,25,29)/t13-,16+,17?,18+,19+/m1/s1. The number of fused-ring (bicyclic) bond motifs is 1. The molecule has 1 saturated heterocycles. The van der Waals surface area contributed by atoms with Crippen LogP contribution in [0.3, 0.4) is 0 Å². The number of piperidine rings is 1. The summed E-state index contributed by atoms with van der Waals surface area (Å²) < 4.78 is 0. The zero-order chi connectivity index (χ0) is 22.6. The molecule has 6 nitrogen and oxygen atoms in total. The van der Waals surface area contributed by atoms with Crippen molar-refractivity contribution >= 4 is 23.4 Å². The van der Waals surface area contributed by atoms with E-state index >= 15 is 0 Å². The number of carbonyl (C=O) groups excluding carboxylic acids is 4. The molecule has 1 heterocycles. The molecule has 3 fully saturated rings. The van der Waals surface area contributed by atoms with Gasteiger partial charge in [-0.15, -0.1) is 0 Å². The average Bonchev–Trinajstić information content (AvgIpc) is 2.95. The summed E-state index contributed by atoms with van der Waals surface area (Å²) in [5, 5.41) is 2.89. The van der Waals surface area contributed by atoms with Gasteiger partial charge in [-0.2, -0.15) is 0 Å². The van der Waals surface area contributed by atoms with Gasteiger partial charge >= 0.3 is 0 Å². The van der Waals surface area contributed by atoms with Gasteiger partial charge in [-0.25, -0.2) is 0 Å². The monoisotopic (exact) mass is 418 g/mol. The maximum Gasteiger partial charge on any atom is 0.243 e. The van der Waals surface area contributed by atoms with Crippen LogP contribution < -0.4 is 5.32 Å². The van der Waals surface area contributed by atoms with Gasteiger partial charge in [0.15, 0.2) is 5.78 Å². The third-order valence-electron chi connectivity index (χ3n) is 8.20. The van der Waals surface area contributed by atoms with Gasteiger partial charge in [0.1, 0.15) is 6.04 Å². The topological polar surface area (TPSA) is 83.6 Å². The molecule has 30 heavy (non-hydrogen) atoms. The van der Waals surface area contributed by atoms with Gasteiger partial charge in [0.05, 0.1) is 6.04 Å². The Bertz CT molecular complexity index is 747. The van der Waals surface area contributed by atoms with Crippen molar-refractivity contribution in [2.45, 2.75) is 86.2 Å². The number of ketones is 2. The molecule has 2 saturated carbocycles. The molecule has 0 aromatic heterocycles. The van der Waals surface area contributed by atoms with E-state index in [1.165, 1.54) is 6.92 Å². The molecule has 3 aliphatic rings. The zero-order valence-corrected chi connectivity index (χ0v) is 19.6. The fraction of sp³-hybridized carbons (Fsp3) is 0.833. The van der Waals surface area contributed by atoms with Crippen molar-refractivity contribution in [3.63, 3.8) is 0 Å². The van der Waals surface area contributed by atoms with Crippen molar-refractivity contribution in [2.24, 2.45) is 34.5 Å². The first-order chi connectivity index (χ1) is 13.8. The third-order valence-corrected chi connectivity index (χ3v) is 8.20. The Hall–Kier alpha value is -1.72. The largest absolute Gasteiger partial charge is 0.344 e. The molecule has 0 radical (unpaired) electrons. The number of nitrogens with zero attached hydrogens (tertiary/aromatic N) is 1. The SMILES string of the molecule is CC(=O)C(=O)C(CC1CCC1)NC(=O)[C@@H]1[C@@H]2[C@H](CN1C(=O)[C@@H](C)C(C)(C)C)C2(C)C. The van der Waals surface area contributed by atoms with Crippen LogP contribution in [0, 0.1) is 34.5 Å². The lowest BCUT2D eigenvalue weighted by molar-refractivity contribution is -0.146. The Labute approximate surface area is 180 Å². The number of likely N-dealkylation sites (tertiary alicyclic amines) is 1. The summed E-state index contributed by atoms with van der Waals surface area (Å²) >= 11 is 0. The summed E-state index contributed by atoms with van der Waals surface area (Å²) in [6, 6.07) is -1.34. The fourth-order valence-corrected chi connectivity index (χ4v) is 5.23. The predicted molar refractivity (Wildman–Crippen MR) is 114 cm³/mol. The summed E-state index contributed by atoms with van der Waals surface area (Å²) in [5.41, 5.74) is -0.185. The van der Waals surface area contributed by atoms with E-state index in [0.29, 0.717) is 24.8 Å². The van der Waals surface area contributed by atoms with E-state index in [0.717, 1.165) is 19.3 Å². The fourth-order valence-electron chi connectivity index (χ4n) is 5.23. The number of amides is 2. The molecule has 3 rings (SSSR count). The normalized spacial score (nSPS) is 29.4. The maximum absolute atomic E-state index is 13.4. The zero-order valence-electron chi connectivity index (χ0n) is 19.6. The molecule has 0 bridgehead atoms. The van der Waals surface area contributed by atoms with E-state index < -0.39 is 23.7 Å². The lowest BCUT2D eigenvalue weighted by Gasteiger charge is -2.36. The van der Waals surface area contributed by atoms with E-state index in [4.69, 9.17) is 0 Å². The van der Waals surface area contributed by atoms with Gasteiger partial charge in [0.25, 0.3) is 0 Å². The molecule has 1 aliphatic heterocycles. The number of carbonyl (C=O) groups is 4. The Morgan fingerprint density at radius 1 is 1.13 bits per heavy atom. The van der Waals surface area contributed by atoms with Crippen molar-refractivity contribution < 1.29 is 19.2 Å². The van der Waals surface area contributed by atoms with E-state index in [9.17, 15) is 19.2 Å². The lowest BCUT2D eigenvalue weighted by atomic mass is 9.79. The molecule has 1 N–H and O–H groups in total. The molecular weight excluding hydrogens is 380 g/mol. The van der Waals surface area contributed by atoms with Crippen LogP contribution >= 0.6 is 0 Å². The Balaban J connectivity index is 1.79. The van der Waals surface area contributed by atoms with Crippen LogP contribution in [0.15, 0.2) is 0 Å². The van der Waals surface area contributed by atoms with Crippen molar-refractivity contribution in [1.82, 2.24) is 10.2 Å². The minimum absolute atomic E-state index is 0.000845. The molecule has 6 heteroatoms.